The molecular formula is C13H10FN3O. The van der Waals surface area contributed by atoms with Crippen LogP contribution in [0.1, 0.15) is 0 Å². The predicted octanol–water partition coefficient (Wildman–Crippen LogP) is 2.48. The van der Waals surface area contributed by atoms with Crippen molar-refractivity contribution in [1.82, 2.24) is 14.5 Å². The average molecular weight is 243 g/mol. The molecule has 0 bridgehead atoms. The minimum atomic E-state index is -0.475. The average Bonchev–Trinajstić information content (AvgIpc) is 2.68. The molecule has 3 rings (SSSR count). The third-order valence-corrected chi connectivity index (χ3v) is 2.88. The van der Waals surface area contributed by atoms with Gasteiger partial charge >= 0.3 is 0 Å². The summed E-state index contributed by atoms with van der Waals surface area (Å²) in [6.45, 7) is 0. The Morgan fingerprint density at radius 2 is 2.11 bits per heavy atom. The Balaban J connectivity index is 2.28. The van der Waals surface area contributed by atoms with Crippen LogP contribution in [0.15, 0.2) is 36.7 Å². The molecule has 18 heavy (non-hydrogen) atoms. The summed E-state index contributed by atoms with van der Waals surface area (Å²) in [5, 5.41) is 9.79. The molecule has 0 spiro atoms. The van der Waals surface area contributed by atoms with E-state index in [9.17, 15) is 9.50 Å². The van der Waals surface area contributed by atoms with Gasteiger partial charge in [0.15, 0.2) is 0 Å². The second kappa shape index (κ2) is 3.80. The van der Waals surface area contributed by atoms with Crippen molar-refractivity contribution in [2.45, 2.75) is 0 Å². The molecule has 0 saturated carbocycles. The van der Waals surface area contributed by atoms with Crippen LogP contribution in [-0.4, -0.2) is 19.6 Å². The van der Waals surface area contributed by atoms with E-state index in [-0.39, 0.29) is 5.75 Å². The summed E-state index contributed by atoms with van der Waals surface area (Å²) in [6, 6.07) is 5.73. The molecule has 0 saturated heterocycles. The second-order valence-electron chi connectivity index (χ2n) is 4.02. The van der Waals surface area contributed by atoms with E-state index in [1.165, 1.54) is 12.1 Å². The highest BCUT2D eigenvalue weighted by Gasteiger charge is 2.13. The molecule has 0 aliphatic heterocycles. The van der Waals surface area contributed by atoms with E-state index in [1.54, 1.807) is 12.4 Å². The molecule has 1 N–H and O–H groups in total. The number of phenolic OH excluding ortho intramolecular Hbond substituents is 1. The van der Waals surface area contributed by atoms with E-state index in [1.807, 2.05) is 17.7 Å². The van der Waals surface area contributed by atoms with Gasteiger partial charge in [0, 0.05) is 19.3 Å². The Morgan fingerprint density at radius 1 is 1.28 bits per heavy atom. The van der Waals surface area contributed by atoms with Crippen LogP contribution >= 0.6 is 0 Å². The van der Waals surface area contributed by atoms with E-state index in [4.69, 9.17) is 0 Å². The summed E-state index contributed by atoms with van der Waals surface area (Å²) in [4.78, 5) is 8.39. The third-order valence-electron chi connectivity index (χ3n) is 2.88. The van der Waals surface area contributed by atoms with Gasteiger partial charge < -0.3 is 9.67 Å². The van der Waals surface area contributed by atoms with E-state index in [2.05, 4.69) is 9.97 Å². The number of aromatic nitrogens is 3. The molecular weight excluding hydrogens is 233 g/mol. The Morgan fingerprint density at radius 3 is 2.83 bits per heavy atom. The van der Waals surface area contributed by atoms with Gasteiger partial charge in [-0.2, -0.15) is 0 Å². The lowest BCUT2D eigenvalue weighted by atomic mass is 10.2. The van der Waals surface area contributed by atoms with Crippen molar-refractivity contribution in [3.05, 3.63) is 42.5 Å². The first-order chi connectivity index (χ1) is 8.66. The van der Waals surface area contributed by atoms with Crippen molar-refractivity contribution in [2.75, 3.05) is 0 Å². The number of phenols is 1. The number of aromatic hydroxyl groups is 1. The molecule has 1 aromatic carbocycles. The number of rotatable bonds is 1. The standard InChI is InChI=1S/C13H10FN3O/c1-17-11-4-5-15-7-10(11)16-13(17)9-3-2-8(14)6-12(9)18/h2-7,18H,1H3. The number of aryl methyl sites for hydroxylation is 1. The van der Waals surface area contributed by atoms with Crippen molar-refractivity contribution >= 4 is 11.0 Å². The maximum atomic E-state index is 13.0. The zero-order valence-electron chi connectivity index (χ0n) is 9.63. The first kappa shape index (κ1) is 10.7. The lowest BCUT2D eigenvalue weighted by Crippen LogP contribution is -1.93. The zero-order chi connectivity index (χ0) is 12.7. The maximum absolute atomic E-state index is 13.0. The number of benzene rings is 1. The normalized spacial score (nSPS) is 11.0. The summed E-state index contributed by atoms with van der Waals surface area (Å²) in [6.07, 6.45) is 3.33. The fraction of sp³-hybridized carbons (Fsp3) is 0.0769. The number of pyridine rings is 1. The minimum Gasteiger partial charge on any atom is -0.507 e. The summed E-state index contributed by atoms with van der Waals surface area (Å²) in [7, 11) is 1.84. The van der Waals surface area contributed by atoms with E-state index in [0.717, 1.165) is 17.1 Å². The zero-order valence-corrected chi connectivity index (χ0v) is 9.63. The van der Waals surface area contributed by atoms with Gasteiger partial charge in [-0.1, -0.05) is 0 Å². The minimum absolute atomic E-state index is 0.124. The Labute approximate surface area is 102 Å². The van der Waals surface area contributed by atoms with Crippen molar-refractivity contribution in [1.29, 1.82) is 0 Å². The number of hydrogen-bond donors (Lipinski definition) is 1. The van der Waals surface area contributed by atoms with Crippen LogP contribution in [0.5, 0.6) is 5.75 Å². The van der Waals surface area contributed by atoms with Crippen LogP contribution in [0.3, 0.4) is 0 Å². The van der Waals surface area contributed by atoms with E-state index < -0.39 is 5.82 Å². The monoisotopic (exact) mass is 243 g/mol. The van der Waals surface area contributed by atoms with Crippen LogP contribution in [-0.2, 0) is 7.05 Å². The Kier molecular flexibility index (Phi) is 2.26. The molecule has 0 atom stereocenters. The van der Waals surface area contributed by atoms with Crippen LogP contribution < -0.4 is 0 Å². The molecule has 0 unspecified atom stereocenters. The third kappa shape index (κ3) is 1.52. The number of imidazole rings is 1. The lowest BCUT2D eigenvalue weighted by Gasteiger charge is -2.04. The summed E-state index contributed by atoms with van der Waals surface area (Å²) < 4.78 is 14.8. The van der Waals surface area contributed by atoms with Crippen LogP contribution in [0.25, 0.3) is 22.4 Å². The smallest absolute Gasteiger partial charge is 0.144 e. The van der Waals surface area contributed by atoms with Gasteiger partial charge in [-0.3, -0.25) is 4.98 Å². The number of fused-ring (bicyclic) bond motifs is 1. The van der Waals surface area contributed by atoms with Crippen LogP contribution in [0.4, 0.5) is 4.39 Å². The largest absolute Gasteiger partial charge is 0.507 e. The Hall–Kier alpha value is -2.43. The number of nitrogens with zero attached hydrogens (tertiary/aromatic N) is 3. The molecule has 2 heterocycles. The molecule has 5 heteroatoms. The fourth-order valence-corrected chi connectivity index (χ4v) is 1.99. The number of hydrogen-bond acceptors (Lipinski definition) is 3. The van der Waals surface area contributed by atoms with Gasteiger partial charge in [-0.05, 0) is 18.2 Å². The molecule has 3 aromatic rings. The fourth-order valence-electron chi connectivity index (χ4n) is 1.99. The maximum Gasteiger partial charge on any atom is 0.144 e. The topological polar surface area (TPSA) is 50.9 Å². The quantitative estimate of drug-likeness (QED) is 0.714. The molecule has 2 aromatic heterocycles. The van der Waals surface area contributed by atoms with Crippen LogP contribution in [0.2, 0.25) is 0 Å². The van der Waals surface area contributed by atoms with Gasteiger partial charge in [0.05, 0.1) is 17.3 Å². The summed E-state index contributed by atoms with van der Waals surface area (Å²) >= 11 is 0. The van der Waals surface area contributed by atoms with Gasteiger partial charge in [-0.15, -0.1) is 0 Å². The first-order valence-corrected chi connectivity index (χ1v) is 5.42. The van der Waals surface area contributed by atoms with Gasteiger partial charge in [0.1, 0.15) is 22.9 Å². The van der Waals surface area contributed by atoms with Gasteiger partial charge in [0.25, 0.3) is 0 Å². The lowest BCUT2D eigenvalue weighted by molar-refractivity contribution is 0.470. The number of halogens is 1. The van der Waals surface area contributed by atoms with Gasteiger partial charge in [-0.25, -0.2) is 9.37 Å². The summed E-state index contributed by atoms with van der Waals surface area (Å²) in [5.41, 5.74) is 2.14. The van der Waals surface area contributed by atoms with E-state index in [0.29, 0.717) is 11.4 Å². The summed E-state index contributed by atoms with van der Waals surface area (Å²) in [5.74, 6) is -0.0199. The Bertz CT molecular complexity index is 736. The van der Waals surface area contributed by atoms with Crippen molar-refractivity contribution in [2.24, 2.45) is 7.05 Å². The molecule has 0 amide bonds. The molecule has 0 fully saturated rings. The van der Waals surface area contributed by atoms with Crippen molar-refractivity contribution < 1.29 is 9.50 Å². The molecule has 4 nitrogen and oxygen atoms in total. The highest BCUT2D eigenvalue weighted by molar-refractivity contribution is 5.80. The van der Waals surface area contributed by atoms with E-state index >= 15 is 0 Å². The van der Waals surface area contributed by atoms with Crippen molar-refractivity contribution in [3.8, 4) is 17.1 Å². The highest BCUT2D eigenvalue weighted by atomic mass is 19.1. The van der Waals surface area contributed by atoms with Crippen molar-refractivity contribution in [3.63, 3.8) is 0 Å². The second-order valence-corrected chi connectivity index (χ2v) is 4.02. The predicted molar refractivity (Wildman–Crippen MR) is 65.6 cm³/mol. The molecule has 0 aliphatic rings. The first-order valence-electron chi connectivity index (χ1n) is 5.42. The SMILES string of the molecule is Cn1c(-c2ccc(F)cc2O)nc2cnccc21. The molecule has 0 radical (unpaired) electrons. The highest BCUT2D eigenvalue weighted by Crippen LogP contribution is 2.30. The molecule has 90 valence electrons. The van der Waals surface area contributed by atoms with Gasteiger partial charge in [0.2, 0.25) is 0 Å². The van der Waals surface area contributed by atoms with Crippen LogP contribution in [0, 0.1) is 5.82 Å². The molecule has 0 aliphatic carbocycles.